The number of carbonyl (C=O) groups excluding carboxylic acids is 2. The Kier molecular flexibility index (Phi) is 8.46. The first-order chi connectivity index (χ1) is 13.9. The lowest BCUT2D eigenvalue weighted by Crippen LogP contribution is -2.48. The topological polar surface area (TPSA) is 58.6 Å². The van der Waals surface area contributed by atoms with E-state index in [1.807, 2.05) is 19.1 Å². The predicted octanol–water partition coefficient (Wildman–Crippen LogP) is 3.97. The van der Waals surface area contributed by atoms with E-state index in [0.29, 0.717) is 12.3 Å². The number of methoxy groups -OCH3 is 1. The van der Waals surface area contributed by atoms with Crippen LogP contribution in [0.3, 0.4) is 0 Å². The van der Waals surface area contributed by atoms with Crippen LogP contribution in [0.4, 0.5) is 4.39 Å². The highest BCUT2D eigenvalue weighted by Crippen LogP contribution is 2.22. The molecule has 0 bridgehead atoms. The number of halogens is 2. The zero-order valence-electron chi connectivity index (χ0n) is 16.9. The molecule has 0 saturated heterocycles. The van der Waals surface area contributed by atoms with Crippen molar-refractivity contribution < 1.29 is 18.7 Å². The van der Waals surface area contributed by atoms with Gasteiger partial charge in [0.05, 0.1) is 13.5 Å². The summed E-state index contributed by atoms with van der Waals surface area (Å²) in [5, 5.41) is 2.99. The third-order valence-corrected chi connectivity index (χ3v) is 4.97. The molecule has 0 fully saturated rings. The van der Waals surface area contributed by atoms with Gasteiger partial charge in [-0.1, -0.05) is 36.7 Å². The zero-order chi connectivity index (χ0) is 21.4. The van der Waals surface area contributed by atoms with Gasteiger partial charge in [-0.2, -0.15) is 0 Å². The van der Waals surface area contributed by atoms with Gasteiger partial charge < -0.3 is 15.0 Å². The van der Waals surface area contributed by atoms with E-state index in [-0.39, 0.29) is 35.4 Å². The van der Waals surface area contributed by atoms with Gasteiger partial charge in [0.1, 0.15) is 17.6 Å². The second-order valence-electron chi connectivity index (χ2n) is 6.71. The van der Waals surface area contributed by atoms with Gasteiger partial charge >= 0.3 is 0 Å². The molecule has 0 aliphatic carbocycles. The fourth-order valence-corrected chi connectivity index (χ4v) is 3.09. The first-order valence-electron chi connectivity index (χ1n) is 9.50. The quantitative estimate of drug-likeness (QED) is 0.667. The summed E-state index contributed by atoms with van der Waals surface area (Å²) >= 11 is 6.08. The van der Waals surface area contributed by atoms with Crippen molar-refractivity contribution in [3.8, 4) is 5.75 Å². The number of nitrogens with one attached hydrogen (secondary N) is 1. The smallest absolute Gasteiger partial charge is 0.242 e. The number of ether oxygens (including phenoxy) is 1. The molecule has 7 heteroatoms. The number of amides is 2. The summed E-state index contributed by atoms with van der Waals surface area (Å²) in [6, 6.07) is 10.8. The number of hydrogen-bond donors (Lipinski definition) is 1. The molecular weight excluding hydrogens is 395 g/mol. The maximum Gasteiger partial charge on any atom is 0.242 e. The van der Waals surface area contributed by atoms with Gasteiger partial charge in [0.15, 0.2) is 0 Å². The Morgan fingerprint density at radius 2 is 1.90 bits per heavy atom. The molecular formula is C22H26ClFN2O3. The lowest BCUT2D eigenvalue weighted by Gasteiger charge is -2.29. The number of nitrogens with zero attached hydrogens (tertiary/aromatic N) is 1. The standard InChI is InChI=1S/C22H26ClFN2O3/c1-4-12-25-22(28)15(2)26(14-16-8-10-17(29-3)11-9-16)21(27)13-18-19(23)6-5-7-20(18)24/h5-11,15H,4,12-14H2,1-3H3,(H,25,28)/t15-/m1/s1. The second-order valence-corrected chi connectivity index (χ2v) is 7.12. The van der Waals surface area contributed by atoms with Crippen molar-refractivity contribution >= 4 is 23.4 Å². The lowest BCUT2D eigenvalue weighted by atomic mass is 10.1. The molecule has 2 aromatic rings. The van der Waals surface area contributed by atoms with Crippen LogP contribution in [0.25, 0.3) is 0 Å². The lowest BCUT2D eigenvalue weighted by molar-refractivity contribution is -0.140. The van der Waals surface area contributed by atoms with Crippen molar-refractivity contribution in [2.45, 2.75) is 39.3 Å². The Morgan fingerprint density at radius 1 is 1.21 bits per heavy atom. The first kappa shape index (κ1) is 22.7. The van der Waals surface area contributed by atoms with Crippen molar-refractivity contribution in [2.75, 3.05) is 13.7 Å². The third kappa shape index (κ3) is 6.19. The van der Waals surface area contributed by atoms with Gasteiger partial charge in [-0.25, -0.2) is 4.39 Å². The van der Waals surface area contributed by atoms with Crippen molar-refractivity contribution in [3.05, 3.63) is 64.4 Å². The SMILES string of the molecule is CCCNC(=O)[C@@H](C)N(Cc1ccc(OC)cc1)C(=O)Cc1c(F)cccc1Cl. The maximum absolute atomic E-state index is 14.2. The minimum Gasteiger partial charge on any atom is -0.497 e. The number of benzene rings is 2. The molecule has 156 valence electrons. The van der Waals surface area contributed by atoms with E-state index in [1.54, 1.807) is 32.2 Å². The number of rotatable bonds is 9. The molecule has 2 amide bonds. The van der Waals surface area contributed by atoms with Crippen molar-refractivity contribution in [2.24, 2.45) is 0 Å². The van der Waals surface area contributed by atoms with E-state index in [4.69, 9.17) is 16.3 Å². The van der Waals surface area contributed by atoms with Crippen molar-refractivity contribution in [3.63, 3.8) is 0 Å². The Bertz CT molecular complexity index is 822. The normalized spacial score (nSPS) is 11.6. The number of hydrogen-bond acceptors (Lipinski definition) is 3. The molecule has 0 heterocycles. The van der Waals surface area contributed by atoms with Crippen LogP contribution in [0.2, 0.25) is 5.02 Å². The predicted molar refractivity (Wildman–Crippen MR) is 111 cm³/mol. The monoisotopic (exact) mass is 420 g/mol. The van der Waals surface area contributed by atoms with E-state index in [9.17, 15) is 14.0 Å². The van der Waals surface area contributed by atoms with E-state index < -0.39 is 11.9 Å². The Labute approximate surface area is 175 Å². The van der Waals surface area contributed by atoms with Crippen molar-refractivity contribution in [1.82, 2.24) is 10.2 Å². The van der Waals surface area contributed by atoms with Crippen LogP contribution >= 0.6 is 11.6 Å². The highest BCUT2D eigenvalue weighted by atomic mass is 35.5. The molecule has 2 aromatic carbocycles. The number of carbonyl (C=O) groups is 2. The largest absolute Gasteiger partial charge is 0.497 e. The van der Waals surface area contributed by atoms with Gasteiger partial charge in [-0.15, -0.1) is 0 Å². The zero-order valence-corrected chi connectivity index (χ0v) is 17.6. The minimum atomic E-state index is -0.721. The average Bonchev–Trinajstić information content (AvgIpc) is 2.72. The van der Waals surface area contributed by atoms with Gasteiger partial charge in [-0.3, -0.25) is 9.59 Å². The third-order valence-electron chi connectivity index (χ3n) is 4.62. The van der Waals surface area contributed by atoms with Gasteiger partial charge in [0, 0.05) is 23.7 Å². The van der Waals surface area contributed by atoms with Crippen LogP contribution in [-0.2, 0) is 22.6 Å². The molecule has 0 aromatic heterocycles. The Balaban J connectivity index is 2.26. The van der Waals surface area contributed by atoms with Crippen LogP contribution in [0, 0.1) is 5.82 Å². The molecule has 1 atom stereocenters. The van der Waals surface area contributed by atoms with Crippen LogP contribution in [0.15, 0.2) is 42.5 Å². The first-order valence-corrected chi connectivity index (χ1v) is 9.88. The summed E-state index contributed by atoms with van der Waals surface area (Å²) in [5.41, 5.74) is 0.953. The Hall–Kier alpha value is -2.60. The van der Waals surface area contributed by atoms with Gasteiger partial charge in [-0.05, 0) is 43.2 Å². The van der Waals surface area contributed by atoms with E-state index in [1.165, 1.54) is 17.0 Å². The molecule has 0 saturated carbocycles. The summed E-state index contributed by atoms with van der Waals surface area (Å²) in [4.78, 5) is 27.0. The summed E-state index contributed by atoms with van der Waals surface area (Å²) < 4.78 is 19.3. The van der Waals surface area contributed by atoms with Gasteiger partial charge in [0.2, 0.25) is 11.8 Å². The molecule has 0 spiro atoms. The second kappa shape index (κ2) is 10.8. The molecule has 0 unspecified atom stereocenters. The van der Waals surface area contributed by atoms with Crippen LogP contribution in [-0.4, -0.2) is 36.4 Å². The van der Waals surface area contributed by atoms with E-state index in [2.05, 4.69) is 5.32 Å². The van der Waals surface area contributed by atoms with Crippen LogP contribution in [0.5, 0.6) is 5.75 Å². The maximum atomic E-state index is 14.2. The summed E-state index contributed by atoms with van der Waals surface area (Å²) in [6.45, 7) is 4.34. The van der Waals surface area contributed by atoms with Crippen molar-refractivity contribution in [1.29, 1.82) is 0 Å². The highest BCUT2D eigenvalue weighted by Gasteiger charge is 2.27. The van der Waals surface area contributed by atoms with Crippen LogP contribution < -0.4 is 10.1 Å². The molecule has 0 aliphatic heterocycles. The van der Waals surface area contributed by atoms with E-state index >= 15 is 0 Å². The van der Waals surface area contributed by atoms with E-state index in [0.717, 1.165) is 12.0 Å². The molecule has 0 aliphatic rings. The minimum absolute atomic E-state index is 0.125. The fraction of sp³-hybridized carbons (Fsp3) is 0.364. The summed E-state index contributed by atoms with van der Waals surface area (Å²) in [6.07, 6.45) is 0.558. The summed E-state index contributed by atoms with van der Waals surface area (Å²) in [5.74, 6) is -0.489. The average molecular weight is 421 g/mol. The molecule has 29 heavy (non-hydrogen) atoms. The summed E-state index contributed by atoms with van der Waals surface area (Å²) in [7, 11) is 1.57. The fourth-order valence-electron chi connectivity index (χ4n) is 2.86. The molecule has 5 nitrogen and oxygen atoms in total. The highest BCUT2D eigenvalue weighted by molar-refractivity contribution is 6.31. The molecule has 2 rings (SSSR count). The van der Waals surface area contributed by atoms with Gasteiger partial charge in [0.25, 0.3) is 0 Å². The molecule has 0 radical (unpaired) electrons. The Morgan fingerprint density at radius 3 is 2.48 bits per heavy atom. The van der Waals surface area contributed by atoms with Crippen LogP contribution in [0.1, 0.15) is 31.4 Å². The molecule has 1 N–H and O–H groups in total.